The molecule has 138 valence electrons. The van der Waals surface area contributed by atoms with E-state index in [4.69, 9.17) is 0 Å². The largest absolute Gasteiger partial charge is 0.334 e. The third kappa shape index (κ3) is 2.99. The number of para-hydroxylation sites is 2. The van der Waals surface area contributed by atoms with E-state index in [-0.39, 0.29) is 11.7 Å². The first-order valence-electron chi connectivity index (χ1n) is 8.60. The average Bonchev–Trinajstić information content (AvgIpc) is 2.73. The van der Waals surface area contributed by atoms with Gasteiger partial charge in [0.2, 0.25) is 0 Å². The molecule has 0 fully saturated rings. The Morgan fingerprint density at radius 3 is 2.50 bits per heavy atom. The van der Waals surface area contributed by atoms with Crippen LogP contribution in [0.5, 0.6) is 0 Å². The number of benzene rings is 2. The lowest BCUT2D eigenvalue weighted by Crippen LogP contribution is -2.34. The van der Waals surface area contributed by atoms with Crippen LogP contribution in [0.15, 0.2) is 82.5 Å². The van der Waals surface area contributed by atoms with E-state index in [1.807, 2.05) is 30.3 Å². The third-order valence-corrected chi connectivity index (χ3v) is 4.47. The number of H-pyrrole nitrogens is 1. The van der Waals surface area contributed by atoms with Crippen LogP contribution < -0.4 is 16.1 Å². The highest BCUT2D eigenvalue weighted by molar-refractivity contribution is 6.05. The first kappa shape index (κ1) is 17.4. The maximum Gasteiger partial charge on any atom is 0.334 e. The predicted molar refractivity (Wildman–Crippen MR) is 107 cm³/mol. The zero-order valence-electron chi connectivity index (χ0n) is 15.0. The van der Waals surface area contributed by atoms with Crippen LogP contribution >= 0.6 is 0 Å². The summed E-state index contributed by atoms with van der Waals surface area (Å²) >= 11 is 0. The molecule has 0 unspecified atom stereocenters. The summed E-state index contributed by atoms with van der Waals surface area (Å²) in [6, 6.07) is 18.9. The predicted octanol–water partition coefficient (Wildman–Crippen LogP) is 2.35. The summed E-state index contributed by atoms with van der Waals surface area (Å²) in [6.07, 6.45) is 1.41. The number of nitrogens with one attached hydrogen (secondary N) is 1. The number of aromatic amines is 1. The van der Waals surface area contributed by atoms with Crippen LogP contribution in [-0.4, -0.2) is 27.5 Å². The topological polar surface area (TPSA) is 88.1 Å². The number of carbonyl (C=O) groups is 1. The van der Waals surface area contributed by atoms with Gasteiger partial charge in [0.25, 0.3) is 11.5 Å². The second kappa shape index (κ2) is 6.96. The fourth-order valence-corrected chi connectivity index (χ4v) is 3.01. The van der Waals surface area contributed by atoms with E-state index in [2.05, 4.69) is 9.97 Å². The molecule has 0 saturated carbocycles. The molecule has 1 N–H and O–H groups in total. The van der Waals surface area contributed by atoms with Crippen molar-refractivity contribution in [3.63, 3.8) is 0 Å². The van der Waals surface area contributed by atoms with Crippen molar-refractivity contribution >= 4 is 22.5 Å². The zero-order chi connectivity index (χ0) is 19.7. The molecule has 7 heteroatoms. The van der Waals surface area contributed by atoms with Gasteiger partial charge in [0.1, 0.15) is 5.82 Å². The molecule has 0 spiro atoms. The summed E-state index contributed by atoms with van der Waals surface area (Å²) in [4.78, 5) is 46.4. The van der Waals surface area contributed by atoms with Crippen LogP contribution in [0.25, 0.3) is 16.7 Å². The van der Waals surface area contributed by atoms with Crippen molar-refractivity contribution in [2.24, 2.45) is 0 Å². The Bertz CT molecular complexity index is 1290. The lowest BCUT2D eigenvalue weighted by atomic mass is 10.2. The number of rotatable bonds is 3. The first-order valence-corrected chi connectivity index (χ1v) is 8.60. The molecule has 0 radical (unpaired) electrons. The SMILES string of the molecule is CN(C(=O)c1ccnc(-n2c(=O)[nH]c3ccccc3c2=O)c1)c1ccccc1. The smallest absolute Gasteiger partial charge is 0.311 e. The summed E-state index contributed by atoms with van der Waals surface area (Å²) in [6.45, 7) is 0. The minimum absolute atomic E-state index is 0.0873. The van der Waals surface area contributed by atoms with Crippen molar-refractivity contribution in [3.05, 3.63) is 99.3 Å². The summed E-state index contributed by atoms with van der Waals surface area (Å²) in [5, 5.41) is 0.363. The van der Waals surface area contributed by atoms with Gasteiger partial charge in [-0.2, -0.15) is 0 Å². The summed E-state index contributed by atoms with van der Waals surface area (Å²) < 4.78 is 0.932. The van der Waals surface area contributed by atoms with Crippen molar-refractivity contribution < 1.29 is 4.79 Å². The molecule has 2 heterocycles. The highest BCUT2D eigenvalue weighted by Crippen LogP contribution is 2.15. The molecule has 0 aliphatic heterocycles. The highest BCUT2D eigenvalue weighted by atomic mass is 16.2. The number of pyridine rings is 1. The number of amides is 1. The maximum absolute atomic E-state index is 12.8. The molecule has 4 aromatic rings. The number of nitrogens with zero attached hydrogens (tertiary/aromatic N) is 3. The van der Waals surface area contributed by atoms with E-state index in [1.165, 1.54) is 17.2 Å². The van der Waals surface area contributed by atoms with Crippen LogP contribution in [-0.2, 0) is 0 Å². The quantitative estimate of drug-likeness (QED) is 0.598. The first-order chi connectivity index (χ1) is 13.6. The Morgan fingerprint density at radius 1 is 1.00 bits per heavy atom. The zero-order valence-corrected chi connectivity index (χ0v) is 15.0. The molecule has 1 amide bonds. The molecule has 0 saturated heterocycles. The van der Waals surface area contributed by atoms with Crippen LogP contribution in [0.4, 0.5) is 5.69 Å². The average molecular weight is 372 g/mol. The van der Waals surface area contributed by atoms with E-state index in [9.17, 15) is 14.4 Å². The molecule has 0 atom stereocenters. The molecule has 0 aliphatic rings. The van der Waals surface area contributed by atoms with Gasteiger partial charge >= 0.3 is 5.69 Å². The number of aromatic nitrogens is 3. The molecular formula is C21H16N4O3. The van der Waals surface area contributed by atoms with Gasteiger partial charge in [-0.05, 0) is 36.4 Å². The normalized spacial score (nSPS) is 10.8. The van der Waals surface area contributed by atoms with Gasteiger partial charge in [0, 0.05) is 24.5 Å². The molecule has 0 bridgehead atoms. The fourth-order valence-electron chi connectivity index (χ4n) is 3.01. The summed E-state index contributed by atoms with van der Waals surface area (Å²) in [5.74, 6) is -0.190. The van der Waals surface area contributed by atoms with E-state index in [1.54, 1.807) is 37.4 Å². The number of carbonyl (C=O) groups excluding carboxylic acids is 1. The van der Waals surface area contributed by atoms with Gasteiger partial charge in [0.05, 0.1) is 10.9 Å². The van der Waals surface area contributed by atoms with E-state index < -0.39 is 11.2 Å². The second-order valence-electron chi connectivity index (χ2n) is 6.22. The van der Waals surface area contributed by atoms with Crippen LogP contribution in [0.3, 0.4) is 0 Å². The fraction of sp³-hybridized carbons (Fsp3) is 0.0476. The van der Waals surface area contributed by atoms with Crippen molar-refractivity contribution in [3.8, 4) is 5.82 Å². The number of anilines is 1. The highest BCUT2D eigenvalue weighted by Gasteiger charge is 2.16. The van der Waals surface area contributed by atoms with Crippen LogP contribution in [0.1, 0.15) is 10.4 Å². The number of fused-ring (bicyclic) bond motifs is 1. The molecular weight excluding hydrogens is 356 g/mol. The van der Waals surface area contributed by atoms with Crippen molar-refractivity contribution in [1.29, 1.82) is 0 Å². The van der Waals surface area contributed by atoms with Crippen molar-refractivity contribution in [1.82, 2.24) is 14.5 Å². The van der Waals surface area contributed by atoms with Crippen molar-refractivity contribution in [2.75, 3.05) is 11.9 Å². The van der Waals surface area contributed by atoms with Gasteiger partial charge in [-0.1, -0.05) is 30.3 Å². The van der Waals surface area contributed by atoms with Gasteiger partial charge in [-0.3, -0.25) is 9.59 Å². The molecule has 4 rings (SSSR count). The van der Waals surface area contributed by atoms with Crippen LogP contribution in [0, 0.1) is 0 Å². The molecule has 2 aromatic carbocycles. The Hall–Kier alpha value is -4.00. The lowest BCUT2D eigenvalue weighted by molar-refractivity contribution is 0.0993. The number of hydrogen-bond acceptors (Lipinski definition) is 4. The Balaban J connectivity index is 1.80. The Labute approximate surface area is 159 Å². The van der Waals surface area contributed by atoms with Crippen molar-refractivity contribution in [2.45, 2.75) is 0 Å². The minimum atomic E-state index is -0.614. The molecule has 2 aromatic heterocycles. The van der Waals surface area contributed by atoms with Crippen LogP contribution in [0.2, 0.25) is 0 Å². The molecule has 7 nitrogen and oxygen atoms in total. The van der Waals surface area contributed by atoms with E-state index in [0.29, 0.717) is 16.5 Å². The van der Waals surface area contributed by atoms with Gasteiger partial charge in [-0.25, -0.2) is 14.3 Å². The van der Waals surface area contributed by atoms with Gasteiger partial charge in [0.15, 0.2) is 0 Å². The minimum Gasteiger partial charge on any atom is -0.311 e. The summed E-state index contributed by atoms with van der Waals surface area (Å²) in [7, 11) is 1.66. The maximum atomic E-state index is 12.8. The lowest BCUT2D eigenvalue weighted by Gasteiger charge is -2.17. The van der Waals surface area contributed by atoms with E-state index >= 15 is 0 Å². The number of hydrogen-bond donors (Lipinski definition) is 1. The Morgan fingerprint density at radius 2 is 1.71 bits per heavy atom. The Kier molecular flexibility index (Phi) is 4.33. The summed E-state index contributed by atoms with van der Waals surface area (Å²) in [5.41, 5.74) is 0.386. The molecule has 28 heavy (non-hydrogen) atoms. The second-order valence-corrected chi connectivity index (χ2v) is 6.22. The van der Waals surface area contributed by atoms with Gasteiger partial charge < -0.3 is 9.88 Å². The van der Waals surface area contributed by atoms with E-state index in [0.717, 1.165) is 10.3 Å². The van der Waals surface area contributed by atoms with Gasteiger partial charge in [-0.15, -0.1) is 0 Å². The standard InChI is InChI=1S/C21H16N4O3/c1-24(15-7-3-2-4-8-15)19(26)14-11-12-22-18(13-14)25-20(27)16-9-5-6-10-17(16)23-21(25)28/h2-13H,1H3,(H,23,28). The monoisotopic (exact) mass is 372 g/mol. The molecule has 0 aliphatic carbocycles. The third-order valence-electron chi connectivity index (χ3n) is 4.47.